The van der Waals surface area contributed by atoms with Gasteiger partial charge in [0.1, 0.15) is 22.3 Å². The molecule has 2 aromatic rings. The maximum atomic E-state index is 15.3. The maximum absolute atomic E-state index is 15.3. The van der Waals surface area contributed by atoms with Crippen molar-refractivity contribution in [3.05, 3.63) is 11.0 Å². The summed E-state index contributed by atoms with van der Waals surface area (Å²) in [6.45, 7) is 8.97. The third kappa shape index (κ3) is 5.66. The fourth-order valence-corrected chi connectivity index (χ4v) is 6.29. The van der Waals surface area contributed by atoms with Gasteiger partial charge in [0.15, 0.2) is 11.0 Å². The van der Waals surface area contributed by atoms with Crippen molar-refractivity contribution in [2.75, 3.05) is 51.5 Å². The first-order chi connectivity index (χ1) is 18.6. The number of carbonyl (C=O) groups excluding carboxylic acids is 1. The van der Waals surface area contributed by atoms with Crippen LogP contribution in [-0.2, 0) is 9.47 Å². The number of nitrogens with zero attached hydrogens (tertiary/aromatic N) is 5. The zero-order chi connectivity index (χ0) is 27.8. The molecule has 1 amide bonds. The van der Waals surface area contributed by atoms with Gasteiger partial charge in [-0.3, -0.25) is 0 Å². The van der Waals surface area contributed by atoms with Crippen LogP contribution in [0.5, 0.6) is 11.9 Å². The molecule has 0 N–H and O–H groups in total. The molecule has 1 aliphatic carbocycles. The predicted octanol–water partition coefficient (Wildman–Crippen LogP) is 5.00. The Morgan fingerprint density at radius 2 is 1.92 bits per heavy atom. The molecular weight excluding hydrogens is 529 g/mol. The van der Waals surface area contributed by atoms with Crippen molar-refractivity contribution in [1.82, 2.24) is 19.9 Å². The molecule has 4 heterocycles. The van der Waals surface area contributed by atoms with Crippen LogP contribution >= 0.6 is 11.6 Å². The van der Waals surface area contributed by atoms with Crippen molar-refractivity contribution in [3.63, 3.8) is 0 Å². The minimum atomic E-state index is -0.752. The average Bonchev–Trinajstić information content (AvgIpc) is 3.14. The molecule has 0 unspecified atom stereocenters. The summed E-state index contributed by atoms with van der Waals surface area (Å²) in [4.78, 5) is 30.2. The maximum Gasteiger partial charge on any atom is 0.410 e. The SMILES string of the molecule is COc1nc(Cl)c(F)c2nc(OC[C@]34CCC[C@H]3N(C(=O)OC(C)(C)C)CCC4)nc(N3CCCOCC3)c12. The highest BCUT2D eigenvalue weighted by molar-refractivity contribution is 6.30. The summed E-state index contributed by atoms with van der Waals surface area (Å²) in [5, 5.41) is 0.0169. The van der Waals surface area contributed by atoms with E-state index in [2.05, 4.69) is 9.97 Å². The summed E-state index contributed by atoms with van der Waals surface area (Å²) in [7, 11) is 1.45. The molecule has 2 atom stereocenters. The number of hydrogen-bond acceptors (Lipinski definition) is 9. The molecule has 5 rings (SSSR count). The number of anilines is 1. The lowest BCUT2D eigenvalue weighted by Gasteiger charge is -2.46. The Labute approximate surface area is 233 Å². The Bertz CT molecular complexity index is 1220. The van der Waals surface area contributed by atoms with E-state index in [0.29, 0.717) is 50.7 Å². The second-order valence-corrected chi connectivity index (χ2v) is 11.9. The van der Waals surface area contributed by atoms with Crippen molar-refractivity contribution >= 4 is 34.4 Å². The van der Waals surface area contributed by atoms with Gasteiger partial charge in [0.05, 0.1) is 20.3 Å². The largest absolute Gasteiger partial charge is 0.480 e. The van der Waals surface area contributed by atoms with Crippen LogP contribution in [0.3, 0.4) is 0 Å². The predicted molar refractivity (Wildman–Crippen MR) is 144 cm³/mol. The summed E-state index contributed by atoms with van der Waals surface area (Å²) >= 11 is 6.10. The summed E-state index contributed by atoms with van der Waals surface area (Å²) in [6.07, 6.45) is 5.05. The van der Waals surface area contributed by atoms with Crippen LogP contribution < -0.4 is 14.4 Å². The van der Waals surface area contributed by atoms with E-state index in [1.165, 1.54) is 7.11 Å². The number of carbonyl (C=O) groups is 1. The molecule has 3 fully saturated rings. The summed E-state index contributed by atoms with van der Waals surface area (Å²) < 4.78 is 38.4. The lowest BCUT2D eigenvalue weighted by Crippen LogP contribution is -2.55. The third-order valence-corrected chi connectivity index (χ3v) is 8.06. The fraction of sp³-hybridized carbons (Fsp3) is 0.704. The van der Waals surface area contributed by atoms with Crippen LogP contribution in [0.25, 0.3) is 10.9 Å². The van der Waals surface area contributed by atoms with Crippen molar-refractivity contribution in [3.8, 4) is 11.9 Å². The van der Waals surface area contributed by atoms with Gasteiger partial charge in [-0.25, -0.2) is 9.18 Å². The molecular formula is C27H37ClFN5O5. The van der Waals surface area contributed by atoms with E-state index in [9.17, 15) is 4.79 Å². The molecule has 214 valence electrons. The highest BCUT2D eigenvalue weighted by atomic mass is 35.5. The van der Waals surface area contributed by atoms with E-state index in [4.69, 9.17) is 35.5 Å². The molecule has 0 bridgehead atoms. The molecule has 10 nitrogen and oxygen atoms in total. The number of halogens is 2. The molecule has 1 saturated carbocycles. The third-order valence-electron chi connectivity index (χ3n) is 7.81. The molecule has 0 spiro atoms. The zero-order valence-corrected chi connectivity index (χ0v) is 23.9. The number of fused-ring (bicyclic) bond motifs is 2. The van der Waals surface area contributed by atoms with Crippen LogP contribution in [0.15, 0.2) is 0 Å². The minimum Gasteiger partial charge on any atom is -0.480 e. The van der Waals surface area contributed by atoms with E-state index in [0.717, 1.165) is 38.5 Å². The smallest absolute Gasteiger partial charge is 0.410 e. The first-order valence-electron chi connectivity index (χ1n) is 13.7. The Morgan fingerprint density at radius 1 is 1.13 bits per heavy atom. The average molecular weight is 566 g/mol. The van der Waals surface area contributed by atoms with Crippen LogP contribution in [0.2, 0.25) is 5.15 Å². The van der Waals surface area contributed by atoms with Crippen molar-refractivity contribution in [2.24, 2.45) is 5.41 Å². The monoisotopic (exact) mass is 565 g/mol. The van der Waals surface area contributed by atoms with Gasteiger partial charge >= 0.3 is 12.1 Å². The normalized spacial score (nSPS) is 23.9. The first kappa shape index (κ1) is 27.9. The molecule has 12 heteroatoms. The van der Waals surface area contributed by atoms with E-state index < -0.39 is 11.4 Å². The van der Waals surface area contributed by atoms with Crippen LogP contribution in [-0.4, -0.2) is 84.2 Å². The quantitative estimate of drug-likeness (QED) is 0.464. The second kappa shape index (κ2) is 11.1. The summed E-state index contributed by atoms with van der Waals surface area (Å²) in [6, 6.07) is 0.0551. The van der Waals surface area contributed by atoms with Crippen molar-refractivity contribution in [2.45, 2.75) is 70.9 Å². The minimum absolute atomic E-state index is 0.000688. The van der Waals surface area contributed by atoms with Crippen LogP contribution in [0.4, 0.5) is 15.0 Å². The number of rotatable bonds is 5. The second-order valence-electron chi connectivity index (χ2n) is 11.6. The molecule has 0 aromatic carbocycles. The van der Waals surface area contributed by atoms with Gasteiger partial charge in [0.2, 0.25) is 5.88 Å². The fourth-order valence-electron chi connectivity index (χ4n) is 6.12. The van der Waals surface area contributed by atoms with Crippen LogP contribution in [0.1, 0.15) is 59.3 Å². The van der Waals surface area contributed by atoms with E-state index in [1.807, 2.05) is 30.6 Å². The molecule has 2 aromatic heterocycles. The number of piperidine rings is 1. The first-order valence-corrected chi connectivity index (χ1v) is 14.1. The standard InChI is InChI=1S/C27H37ClFN5O5/c1-26(2,3)39-25(35)34-12-6-10-27(9-5-8-17(27)34)16-38-24-30-20-18(23(36-4)31-21(28)19(20)29)22(32-24)33-11-7-14-37-15-13-33/h17H,5-16H2,1-4H3/t17-,27-/m1/s1. The topological polar surface area (TPSA) is 99.1 Å². The number of hydrogen-bond donors (Lipinski definition) is 0. The number of amides is 1. The van der Waals surface area contributed by atoms with Gasteiger partial charge < -0.3 is 28.7 Å². The summed E-state index contributed by atoms with van der Waals surface area (Å²) in [5.74, 6) is -0.129. The van der Waals surface area contributed by atoms with Gasteiger partial charge in [-0.15, -0.1) is 0 Å². The number of aromatic nitrogens is 3. The number of ether oxygens (including phenoxy) is 4. The Hall–Kier alpha value is -2.66. The van der Waals surface area contributed by atoms with E-state index in [1.54, 1.807) is 0 Å². The molecule has 39 heavy (non-hydrogen) atoms. The molecule has 0 radical (unpaired) electrons. The van der Waals surface area contributed by atoms with E-state index in [-0.39, 0.29) is 40.1 Å². The molecule has 3 aliphatic rings. The number of likely N-dealkylation sites (tertiary alicyclic amines) is 1. The van der Waals surface area contributed by atoms with Crippen LogP contribution in [0, 0.1) is 11.2 Å². The Kier molecular flexibility index (Phi) is 7.92. The van der Waals surface area contributed by atoms with Crippen molar-refractivity contribution < 1.29 is 28.1 Å². The van der Waals surface area contributed by atoms with Gasteiger partial charge in [-0.2, -0.15) is 15.0 Å². The lowest BCUT2D eigenvalue weighted by atomic mass is 9.75. The number of methoxy groups -OCH3 is 1. The molecule has 2 aliphatic heterocycles. The Balaban J connectivity index is 1.47. The Morgan fingerprint density at radius 3 is 2.69 bits per heavy atom. The van der Waals surface area contributed by atoms with Gasteiger partial charge in [-0.05, 0) is 52.9 Å². The lowest BCUT2D eigenvalue weighted by molar-refractivity contribution is -0.0282. The highest BCUT2D eigenvalue weighted by Gasteiger charge is 2.50. The van der Waals surface area contributed by atoms with Gasteiger partial charge in [0.25, 0.3) is 0 Å². The van der Waals surface area contributed by atoms with Gasteiger partial charge in [-0.1, -0.05) is 18.0 Å². The summed E-state index contributed by atoms with van der Waals surface area (Å²) in [5.41, 5.74) is -0.825. The van der Waals surface area contributed by atoms with Gasteiger partial charge in [0, 0.05) is 37.7 Å². The zero-order valence-electron chi connectivity index (χ0n) is 23.1. The highest BCUT2D eigenvalue weighted by Crippen LogP contribution is 2.48. The van der Waals surface area contributed by atoms with E-state index >= 15 is 4.39 Å². The molecule has 2 saturated heterocycles. The number of pyridine rings is 1. The van der Waals surface area contributed by atoms with Crippen molar-refractivity contribution in [1.29, 1.82) is 0 Å².